The molecule has 26 heavy (non-hydrogen) atoms. The lowest BCUT2D eigenvalue weighted by molar-refractivity contribution is -0.000961. The van der Waals surface area contributed by atoms with Gasteiger partial charge in [-0.05, 0) is 36.0 Å². The second-order valence-electron chi connectivity index (χ2n) is 7.37. The van der Waals surface area contributed by atoms with E-state index in [0.29, 0.717) is 48.8 Å². The molecule has 0 bridgehead atoms. The molecule has 0 aliphatic carbocycles. The van der Waals surface area contributed by atoms with Crippen molar-refractivity contribution in [2.45, 2.75) is 33.0 Å². The zero-order valence-corrected chi connectivity index (χ0v) is 16.7. The van der Waals surface area contributed by atoms with E-state index in [0.717, 1.165) is 18.7 Å². The molecule has 0 unspecified atom stereocenters. The number of β-amino-alcohol motifs (C(OH)–C–C–N with tert-alkyl or cyclic N) is 1. The lowest BCUT2D eigenvalue weighted by atomic mass is 9.92. The minimum absolute atomic E-state index is 0.302. The molecule has 1 N–H and O–H groups in total. The molecule has 1 aromatic carbocycles. The van der Waals surface area contributed by atoms with Crippen LogP contribution in [0.2, 0.25) is 0 Å². The van der Waals surface area contributed by atoms with Crippen LogP contribution in [0.15, 0.2) is 12.1 Å². The van der Waals surface area contributed by atoms with Gasteiger partial charge < -0.3 is 29.0 Å². The minimum atomic E-state index is -0.491. The fourth-order valence-electron chi connectivity index (χ4n) is 3.82. The molecule has 1 heterocycles. The maximum Gasteiger partial charge on any atom is 0.203 e. The van der Waals surface area contributed by atoms with Gasteiger partial charge in [0.25, 0.3) is 0 Å². The maximum absolute atomic E-state index is 10.3. The zero-order valence-electron chi connectivity index (χ0n) is 16.7. The van der Waals surface area contributed by atoms with E-state index in [4.69, 9.17) is 18.9 Å². The summed E-state index contributed by atoms with van der Waals surface area (Å²) in [5.74, 6) is 3.13. The van der Waals surface area contributed by atoms with Gasteiger partial charge in [-0.1, -0.05) is 13.8 Å². The first-order valence-electron chi connectivity index (χ1n) is 9.23. The Labute approximate surface area is 157 Å². The van der Waals surface area contributed by atoms with E-state index >= 15 is 0 Å². The molecule has 1 saturated heterocycles. The number of methoxy groups -OCH3 is 3. The first-order valence-corrected chi connectivity index (χ1v) is 9.23. The number of ether oxygens (including phenoxy) is 4. The van der Waals surface area contributed by atoms with Crippen molar-refractivity contribution in [2.75, 3.05) is 47.6 Å². The van der Waals surface area contributed by atoms with E-state index in [2.05, 4.69) is 18.7 Å². The molecule has 6 heteroatoms. The third-order valence-electron chi connectivity index (χ3n) is 4.72. The Morgan fingerprint density at radius 3 is 2.12 bits per heavy atom. The highest BCUT2D eigenvalue weighted by Crippen LogP contribution is 2.38. The monoisotopic (exact) mass is 367 g/mol. The highest BCUT2D eigenvalue weighted by molar-refractivity contribution is 5.53. The molecule has 0 saturated carbocycles. The quantitative estimate of drug-likeness (QED) is 0.724. The number of rotatable bonds is 9. The zero-order chi connectivity index (χ0) is 19.1. The normalized spacial score (nSPS) is 22.1. The van der Waals surface area contributed by atoms with E-state index in [1.54, 1.807) is 21.3 Å². The van der Waals surface area contributed by atoms with Crippen LogP contribution in [0.25, 0.3) is 0 Å². The van der Waals surface area contributed by atoms with Gasteiger partial charge in [0.05, 0.1) is 40.6 Å². The summed E-state index contributed by atoms with van der Waals surface area (Å²) in [6.07, 6.45) is 0.777. The molecule has 1 aliphatic rings. The second kappa shape index (κ2) is 10.00. The summed E-state index contributed by atoms with van der Waals surface area (Å²) in [7, 11) is 4.76. The summed E-state index contributed by atoms with van der Waals surface area (Å²) in [5, 5.41) is 10.3. The molecular formula is C20H33NO5. The van der Waals surface area contributed by atoms with Gasteiger partial charge in [0.1, 0.15) is 0 Å². The number of piperidine rings is 1. The summed E-state index contributed by atoms with van der Waals surface area (Å²) in [4.78, 5) is 2.34. The Morgan fingerprint density at radius 2 is 1.62 bits per heavy atom. The average molecular weight is 367 g/mol. The van der Waals surface area contributed by atoms with Crippen molar-refractivity contribution in [2.24, 2.45) is 11.8 Å². The Bertz CT molecular complexity index is 530. The SMILES string of the molecule is COc1cc(COC[C@H](O)CN2C[C@H](C)C[C@@H](C)C2)cc(OC)c1OC. The lowest BCUT2D eigenvalue weighted by Crippen LogP contribution is -2.43. The number of aliphatic hydroxyl groups is 1. The van der Waals surface area contributed by atoms with Crippen LogP contribution in [0.4, 0.5) is 0 Å². The summed E-state index contributed by atoms with van der Waals surface area (Å²) >= 11 is 0. The molecule has 0 radical (unpaired) electrons. The lowest BCUT2D eigenvalue weighted by Gasteiger charge is -2.35. The highest BCUT2D eigenvalue weighted by Gasteiger charge is 2.23. The fourth-order valence-corrected chi connectivity index (χ4v) is 3.82. The molecule has 148 valence electrons. The van der Waals surface area contributed by atoms with Gasteiger partial charge in [-0.25, -0.2) is 0 Å². The van der Waals surface area contributed by atoms with E-state index in [-0.39, 0.29) is 0 Å². The average Bonchev–Trinajstić information content (AvgIpc) is 2.59. The van der Waals surface area contributed by atoms with Gasteiger partial charge in [-0.2, -0.15) is 0 Å². The number of hydrogen-bond donors (Lipinski definition) is 1. The molecule has 0 aromatic heterocycles. The Balaban J connectivity index is 1.85. The maximum atomic E-state index is 10.3. The highest BCUT2D eigenvalue weighted by atomic mass is 16.5. The van der Waals surface area contributed by atoms with Crippen LogP contribution in [0.5, 0.6) is 17.2 Å². The van der Waals surface area contributed by atoms with Gasteiger partial charge in [0, 0.05) is 19.6 Å². The van der Waals surface area contributed by atoms with Crippen LogP contribution in [0.1, 0.15) is 25.8 Å². The first-order chi connectivity index (χ1) is 12.5. The van der Waals surface area contributed by atoms with Crippen LogP contribution < -0.4 is 14.2 Å². The number of benzene rings is 1. The summed E-state index contributed by atoms with van der Waals surface area (Å²) in [5.41, 5.74) is 0.909. The molecule has 0 spiro atoms. The van der Waals surface area contributed by atoms with E-state index in [9.17, 15) is 5.11 Å². The van der Waals surface area contributed by atoms with Crippen molar-refractivity contribution in [3.05, 3.63) is 17.7 Å². The van der Waals surface area contributed by atoms with Crippen LogP contribution in [-0.2, 0) is 11.3 Å². The van der Waals surface area contributed by atoms with Gasteiger partial charge in [0.2, 0.25) is 5.75 Å². The Kier molecular flexibility index (Phi) is 8.00. The van der Waals surface area contributed by atoms with Gasteiger partial charge >= 0.3 is 0 Å². The van der Waals surface area contributed by atoms with Crippen LogP contribution in [-0.4, -0.2) is 63.7 Å². The number of nitrogens with zero attached hydrogens (tertiary/aromatic N) is 1. The molecule has 1 aromatic rings. The van der Waals surface area contributed by atoms with Crippen LogP contribution in [0, 0.1) is 11.8 Å². The minimum Gasteiger partial charge on any atom is -0.493 e. The summed E-state index contributed by atoms with van der Waals surface area (Å²) in [6.45, 7) is 7.98. The standard InChI is InChI=1S/C20H33NO5/c1-14-6-15(2)10-21(9-14)11-17(22)13-26-12-16-7-18(23-3)20(25-5)19(8-16)24-4/h7-8,14-15,17,22H,6,9-13H2,1-5H3/t14-,15-,17-/m1/s1. The van der Waals surface area contributed by atoms with E-state index in [1.165, 1.54) is 6.42 Å². The summed E-state index contributed by atoms with van der Waals surface area (Å²) < 4.78 is 21.7. The molecule has 1 aliphatic heterocycles. The van der Waals surface area contributed by atoms with Crippen molar-refractivity contribution < 1.29 is 24.1 Å². The number of hydrogen-bond acceptors (Lipinski definition) is 6. The third-order valence-corrected chi connectivity index (χ3v) is 4.72. The van der Waals surface area contributed by atoms with Gasteiger partial charge in [0.15, 0.2) is 11.5 Å². The second-order valence-corrected chi connectivity index (χ2v) is 7.37. The molecule has 0 amide bonds. The predicted molar refractivity (Wildman–Crippen MR) is 101 cm³/mol. The first kappa shape index (κ1) is 20.8. The summed E-state index contributed by atoms with van der Waals surface area (Å²) in [6, 6.07) is 3.73. The van der Waals surface area contributed by atoms with E-state index < -0.39 is 6.10 Å². The molecule has 6 nitrogen and oxygen atoms in total. The largest absolute Gasteiger partial charge is 0.493 e. The van der Waals surface area contributed by atoms with Crippen molar-refractivity contribution in [1.82, 2.24) is 4.90 Å². The third kappa shape index (κ3) is 5.76. The van der Waals surface area contributed by atoms with Crippen molar-refractivity contribution in [3.63, 3.8) is 0 Å². The van der Waals surface area contributed by atoms with Crippen molar-refractivity contribution in [1.29, 1.82) is 0 Å². The predicted octanol–water partition coefficient (Wildman–Crippen LogP) is 2.57. The Hall–Kier alpha value is -1.50. The Morgan fingerprint density at radius 1 is 1.04 bits per heavy atom. The fraction of sp³-hybridized carbons (Fsp3) is 0.700. The molecule has 2 rings (SSSR count). The van der Waals surface area contributed by atoms with Crippen molar-refractivity contribution in [3.8, 4) is 17.2 Å². The van der Waals surface area contributed by atoms with Crippen LogP contribution in [0.3, 0.4) is 0 Å². The molecule has 3 atom stereocenters. The molecular weight excluding hydrogens is 334 g/mol. The van der Waals surface area contributed by atoms with Crippen LogP contribution >= 0.6 is 0 Å². The molecule has 1 fully saturated rings. The van der Waals surface area contributed by atoms with Crippen molar-refractivity contribution >= 4 is 0 Å². The van der Waals surface area contributed by atoms with Gasteiger partial charge in [-0.15, -0.1) is 0 Å². The number of aliphatic hydroxyl groups excluding tert-OH is 1. The van der Waals surface area contributed by atoms with Gasteiger partial charge in [-0.3, -0.25) is 0 Å². The topological polar surface area (TPSA) is 60.4 Å². The smallest absolute Gasteiger partial charge is 0.203 e. The van der Waals surface area contributed by atoms with E-state index in [1.807, 2.05) is 12.1 Å². The number of likely N-dealkylation sites (tertiary alicyclic amines) is 1.